The predicted octanol–water partition coefficient (Wildman–Crippen LogP) is 5.26. The fraction of sp³-hybridized carbons (Fsp3) is 0.500. The first kappa shape index (κ1) is 30.0. The van der Waals surface area contributed by atoms with E-state index in [0.29, 0.717) is 5.75 Å². The van der Waals surface area contributed by atoms with Crippen LogP contribution in [0.1, 0.15) is 65.4 Å². The van der Waals surface area contributed by atoms with E-state index < -0.39 is 29.8 Å². The summed E-state index contributed by atoms with van der Waals surface area (Å²) in [6.07, 6.45) is 0.618. The molecule has 2 aromatic carbocycles. The van der Waals surface area contributed by atoms with Gasteiger partial charge in [-0.2, -0.15) is 0 Å². The molecule has 39 heavy (non-hydrogen) atoms. The first-order chi connectivity index (χ1) is 18.6. The van der Waals surface area contributed by atoms with Gasteiger partial charge in [-0.1, -0.05) is 38.1 Å². The standard InChI is InChI=1S/C28H35N3O6.C2H6/c1-28(2,3)37-27(35)31-16-19(15-23(31)26(33)34)36-18-9-5-8-17(14-18)20-10-6-12-22-24(20)21(25(32)30-22)11-7-13-29-4;1-2/h5-6,8-10,12,14,19,21,23,29H,7,11,13,15-16H2,1-4H3,(H,30,32)(H,33,34);1-2H3. The van der Waals surface area contributed by atoms with E-state index in [1.165, 1.54) is 4.90 Å². The van der Waals surface area contributed by atoms with Crippen LogP contribution in [0.4, 0.5) is 10.5 Å². The van der Waals surface area contributed by atoms with E-state index in [4.69, 9.17) is 9.47 Å². The van der Waals surface area contributed by atoms with Crippen LogP contribution in [0.5, 0.6) is 5.75 Å². The van der Waals surface area contributed by atoms with E-state index in [1.807, 2.05) is 63.4 Å². The number of carboxylic acid groups (broad SMARTS) is 1. The Labute approximate surface area is 230 Å². The molecule has 2 heterocycles. The topological polar surface area (TPSA) is 117 Å². The lowest BCUT2D eigenvalue weighted by molar-refractivity contribution is -0.142. The van der Waals surface area contributed by atoms with E-state index in [0.717, 1.165) is 41.8 Å². The molecule has 1 saturated heterocycles. The van der Waals surface area contributed by atoms with Gasteiger partial charge in [0, 0.05) is 12.1 Å². The molecular formula is C30H41N3O6. The number of amides is 2. The molecule has 212 valence electrons. The Kier molecular flexibility index (Phi) is 9.97. The molecule has 2 amide bonds. The lowest BCUT2D eigenvalue weighted by Crippen LogP contribution is -2.43. The second-order valence-electron chi connectivity index (χ2n) is 10.5. The molecule has 1 fully saturated rings. The summed E-state index contributed by atoms with van der Waals surface area (Å²) in [5.74, 6) is -0.733. The second-order valence-corrected chi connectivity index (χ2v) is 10.5. The lowest BCUT2D eigenvalue weighted by Gasteiger charge is -2.26. The fourth-order valence-corrected chi connectivity index (χ4v) is 4.98. The Morgan fingerprint density at radius 3 is 2.54 bits per heavy atom. The van der Waals surface area contributed by atoms with Gasteiger partial charge in [0.05, 0.1) is 12.5 Å². The number of carbonyl (C=O) groups is 3. The van der Waals surface area contributed by atoms with Gasteiger partial charge in [-0.05, 0) is 82.1 Å². The van der Waals surface area contributed by atoms with Crippen LogP contribution in [0.15, 0.2) is 42.5 Å². The summed E-state index contributed by atoms with van der Waals surface area (Å²) in [5, 5.41) is 15.8. The third kappa shape index (κ3) is 7.29. The summed E-state index contributed by atoms with van der Waals surface area (Å²) in [6.45, 7) is 10.2. The average molecular weight is 540 g/mol. The zero-order chi connectivity index (χ0) is 28.7. The van der Waals surface area contributed by atoms with Gasteiger partial charge < -0.3 is 25.2 Å². The number of nitrogens with one attached hydrogen (secondary N) is 2. The van der Waals surface area contributed by atoms with Crippen molar-refractivity contribution in [2.45, 2.75) is 77.5 Å². The molecule has 4 rings (SSSR count). The van der Waals surface area contributed by atoms with E-state index >= 15 is 0 Å². The Balaban J connectivity index is 0.00000205. The number of rotatable bonds is 8. The molecule has 2 aliphatic rings. The summed E-state index contributed by atoms with van der Waals surface area (Å²) >= 11 is 0. The summed E-state index contributed by atoms with van der Waals surface area (Å²) in [5.41, 5.74) is 2.95. The van der Waals surface area contributed by atoms with Crippen molar-refractivity contribution < 1.29 is 29.0 Å². The normalized spacial score (nSPS) is 20.0. The van der Waals surface area contributed by atoms with Crippen LogP contribution in [0.25, 0.3) is 11.1 Å². The van der Waals surface area contributed by atoms with Gasteiger partial charge in [0.2, 0.25) is 5.91 Å². The minimum absolute atomic E-state index is 0.0128. The number of carbonyl (C=O) groups excluding carboxylic acids is 2. The van der Waals surface area contributed by atoms with Crippen molar-refractivity contribution in [1.29, 1.82) is 0 Å². The molecule has 9 heteroatoms. The number of fused-ring (bicyclic) bond motifs is 1. The highest BCUT2D eigenvalue weighted by molar-refractivity contribution is 6.05. The number of hydrogen-bond donors (Lipinski definition) is 3. The third-order valence-electron chi connectivity index (χ3n) is 6.57. The van der Waals surface area contributed by atoms with E-state index in [-0.39, 0.29) is 24.8 Å². The Bertz CT molecular complexity index is 1180. The largest absolute Gasteiger partial charge is 0.488 e. The van der Waals surface area contributed by atoms with Crippen molar-refractivity contribution in [3.05, 3.63) is 48.0 Å². The highest BCUT2D eigenvalue weighted by Gasteiger charge is 2.42. The molecule has 0 aromatic heterocycles. The summed E-state index contributed by atoms with van der Waals surface area (Å²) in [7, 11) is 1.90. The zero-order valence-corrected chi connectivity index (χ0v) is 23.7. The number of nitrogens with zero attached hydrogens (tertiary/aromatic N) is 1. The van der Waals surface area contributed by atoms with Crippen LogP contribution in [0, 0.1) is 0 Å². The summed E-state index contributed by atoms with van der Waals surface area (Å²) < 4.78 is 11.6. The van der Waals surface area contributed by atoms with Crippen molar-refractivity contribution in [1.82, 2.24) is 10.2 Å². The van der Waals surface area contributed by atoms with Gasteiger partial charge in [0.25, 0.3) is 0 Å². The Hall–Kier alpha value is -3.59. The van der Waals surface area contributed by atoms with Crippen LogP contribution < -0.4 is 15.4 Å². The molecule has 0 radical (unpaired) electrons. The maximum absolute atomic E-state index is 12.7. The average Bonchev–Trinajstić information content (AvgIpc) is 3.45. The number of aliphatic carboxylic acids is 1. The quantitative estimate of drug-likeness (QED) is 0.392. The molecular weight excluding hydrogens is 498 g/mol. The van der Waals surface area contributed by atoms with Gasteiger partial charge in [-0.15, -0.1) is 0 Å². The van der Waals surface area contributed by atoms with Gasteiger partial charge in [-0.25, -0.2) is 9.59 Å². The molecule has 9 nitrogen and oxygen atoms in total. The van der Waals surface area contributed by atoms with Gasteiger partial charge >= 0.3 is 12.1 Å². The highest BCUT2D eigenvalue weighted by atomic mass is 16.6. The van der Waals surface area contributed by atoms with Crippen LogP contribution >= 0.6 is 0 Å². The SMILES string of the molecule is CC.CNCCCC1C(=O)Nc2cccc(-c3cccc(OC4CC(C(=O)O)N(C(=O)OC(C)(C)C)C4)c3)c21. The maximum Gasteiger partial charge on any atom is 0.411 e. The maximum atomic E-state index is 12.7. The Morgan fingerprint density at radius 1 is 1.15 bits per heavy atom. The number of ether oxygens (including phenoxy) is 2. The minimum Gasteiger partial charge on any atom is -0.488 e. The summed E-state index contributed by atoms with van der Waals surface area (Å²) in [6, 6.07) is 12.4. The van der Waals surface area contributed by atoms with Crippen molar-refractivity contribution in [2.24, 2.45) is 0 Å². The molecule has 0 spiro atoms. The van der Waals surface area contributed by atoms with Crippen molar-refractivity contribution >= 4 is 23.7 Å². The molecule has 3 atom stereocenters. The Morgan fingerprint density at radius 2 is 1.87 bits per heavy atom. The first-order valence-corrected chi connectivity index (χ1v) is 13.7. The molecule has 3 N–H and O–H groups in total. The molecule has 0 aliphatic carbocycles. The summed E-state index contributed by atoms with van der Waals surface area (Å²) in [4.78, 5) is 38.4. The highest BCUT2D eigenvalue weighted by Crippen LogP contribution is 2.42. The number of carboxylic acids is 1. The molecule has 0 saturated carbocycles. The first-order valence-electron chi connectivity index (χ1n) is 13.7. The van der Waals surface area contributed by atoms with Crippen molar-refractivity contribution in [2.75, 3.05) is 25.5 Å². The number of hydrogen-bond acceptors (Lipinski definition) is 6. The van der Waals surface area contributed by atoms with E-state index in [1.54, 1.807) is 20.8 Å². The van der Waals surface area contributed by atoms with Crippen molar-refractivity contribution in [3.63, 3.8) is 0 Å². The van der Waals surface area contributed by atoms with Crippen LogP contribution in [-0.2, 0) is 14.3 Å². The number of anilines is 1. The lowest BCUT2D eigenvalue weighted by atomic mass is 9.88. The fourth-order valence-electron chi connectivity index (χ4n) is 4.98. The smallest absolute Gasteiger partial charge is 0.411 e. The van der Waals surface area contributed by atoms with Gasteiger partial charge in [-0.3, -0.25) is 9.69 Å². The minimum atomic E-state index is -1.09. The van der Waals surface area contributed by atoms with Crippen LogP contribution in [0.3, 0.4) is 0 Å². The van der Waals surface area contributed by atoms with Gasteiger partial charge in [0.1, 0.15) is 23.5 Å². The third-order valence-corrected chi connectivity index (χ3v) is 6.57. The number of likely N-dealkylation sites (tertiary alicyclic amines) is 1. The van der Waals surface area contributed by atoms with Crippen LogP contribution in [-0.4, -0.2) is 65.9 Å². The molecule has 2 aliphatic heterocycles. The van der Waals surface area contributed by atoms with E-state index in [9.17, 15) is 19.5 Å². The second kappa shape index (κ2) is 13.0. The van der Waals surface area contributed by atoms with Crippen LogP contribution in [0.2, 0.25) is 0 Å². The molecule has 0 bridgehead atoms. The van der Waals surface area contributed by atoms with Gasteiger partial charge in [0.15, 0.2) is 0 Å². The predicted molar refractivity (Wildman–Crippen MR) is 151 cm³/mol. The molecule has 3 unspecified atom stereocenters. The van der Waals surface area contributed by atoms with Crippen molar-refractivity contribution in [3.8, 4) is 16.9 Å². The number of benzene rings is 2. The molecule has 2 aromatic rings. The van der Waals surface area contributed by atoms with E-state index in [2.05, 4.69) is 10.6 Å². The zero-order valence-electron chi connectivity index (χ0n) is 23.7. The monoisotopic (exact) mass is 539 g/mol.